The van der Waals surface area contributed by atoms with Crippen molar-refractivity contribution in [2.24, 2.45) is 0 Å². The maximum Gasteiger partial charge on any atom is 0.275 e. The number of sulfonamides is 1. The highest BCUT2D eigenvalue weighted by molar-refractivity contribution is 7.89. The van der Waals surface area contributed by atoms with E-state index in [4.69, 9.17) is 0 Å². The second kappa shape index (κ2) is 6.70. The average Bonchev–Trinajstić information content (AvgIpc) is 3.06. The lowest BCUT2D eigenvalue weighted by molar-refractivity contribution is 0.384. The third-order valence-electron chi connectivity index (χ3n) is 4.53. The lowest BCUT2D eigenvalue weighted by atomic mass is 10.2. The van der Waals surface area contributed by atoms with Gasteiger partial charge in [0.25, 0.3) is 5.56 Å². The molecule has 0 spiro atoms. The summed E-state index contributed by atoms with van der Waals surface area (Å²) >= 11 is 1.34. The zero-order valence-electron chi connectivity index (χ0n) is 15.0. The minimum atomic E-state index is -3.50. The number of rotatable bonds is 3. The Kier molecular flexibility index (Phi) is 4.49. The van der Waals surface area contributed by atoms with Crippen molar-refractivity contribution >= 4 is 31.5 Å². The topological polar surface area (TPSA) is 87.9 Å². The molecule has 4 rings (SSSR count). The Morgan fingerprint density at radius 2 is 1.70 bits per heavy atom. The second-order valence-electron chi connectivity index (χ2n) is 6.52. The number of nitrogens with zero attached hydrogens (tertiary/aromatic N) is 5. The van der Waals surface area contributed by atoms with Gasteiger partial charge in [-0.3, -0.25) is 4.79 Å². The molecule has 0 radical (unpaired) electrons. The van der Waals surface area contributed by atoms with Crippen LogP contribution in [0.4, 0.5) is 5.13 Å². The van der Waals surface area contributed by atoms with E-state index in [-0.39, 0.29) is 5.56 Å². The van der Waals surface area contributed by atoms with Gasteiger partial charge in [0.05, 0.1) is 4.90 Å². The van der Waals surface area contributed by atoms with Crippen LogP contribution >= 0.6 is 11.3 Å². The number of hydrogen-bond donors (Lipinski definition) is 0. The molecule has 142 valence electrons. The van der Waals surface area contributed by atoms with Crippen LogP contribution in [0, 0.1) is 13.8 Å². The summed E-state index contributed by atoms with van der Waals surface area (Å²) in [7, 11) is -3.50. The summed E-state index contributed by atoms with van der Waals surface area (Å²) < 4.78 is 28.4. The molecule has 0 N–H and O–H groups in total. The first kappa shape index (κ1) is 18.1. The smallest absolute Gasteiger partial charge is 0.275 e. The van der Waals surface area contributed by atoms with E-state index in [0.29, 0.717) is 46.9 Å². The first-order valence-corrected chi connectivity index (χ1v) is 10.8. The van der Waals surface area contributed by atoms with E-state index in [1.54, 1.807) is 31.2 Å². The maximum absolute atomic E-state index is 12.8. The molecule has 2 aromatic heterocycles. The molecule has 1 aromatic carbocycles. The van der Waals surface area contributed by atoms with Crippen LogP contribution in [0.2, 0.25) is 0 Å². The van der Waals surface area contributed by atoms with Gasteiger partial charge in [-0.25, -0.2) is 13.4 Å². The predicted molar refractivity (Wildman–Crippen MR) is 104 cm³/mol. The molecule has 3 heterocycles. The van der Waals surface area contributed by atoms with Gasteiger partial charge in [0.15, 0.2) is 0 Å². The number of anilines is 1. The van der Waals surface area contributed by atoms with E-state index >= 15 is 0 Å². The minimum Gasteiger partial charge on any atom is -0.344 e. The summed E-state index contributed by atoms with van der Waals surface area (Å²) in [5.74, 6) is 0. The molecule has 0 bridgehead atoms. The normalized spacial score (nSPS) is 16.1. The third kappa shape index (κ3) is 3.35. The average molecular weight is 406 g/mol. The van der Waals surface area contributed by atoms with E-state index in [9.17, 15) is 13.2 Å². The Bertz CT molecular complexity index is 1140. The van der Waals surface area contributed by atoms with Gasteiger partial charge in [-0.05, 0) is 26.0 Å². The summed E-state index contributed by atoms with van der Waals surface area (Å²) in [6.07, 6.45) is 0. The lowest BCUT2D eigenvalue weighted by Gasteiger charge is -2.33. The molecule has 1 saturated heterocycles. The molecule has 3 aromatic rings. The van der Waals surface area contributed by atoms with Crippen LogP contribution < -0.4 is 10.5 Å². The van der Waals surface area contributed by atoms with Gasteiger partial charge >= 0.3 is 0 Å². The molecule has 1 aliphatic heterocycles. The minimum absolute atomic E-state index is 0.208. The molecule has 0 aliphatic carbocycles. The SMILES string of the molecule is Cc1ccc(S(=O)(=O)N2CCN(c3nn4c(=O)cc(C)nc4s3)CC2)cc1. The van der Waals surface area contributed by atoms with Crippen LogP contribution in [0.1, 0.15) is 11.3 Å². The van der Waals surface area contributed by atoms with E-state index in [2.05, 4.69) is 10.1 Å². The summed E-state index contributed by atoms with van der Waals surface area (Å²) in [6.45, 7) is 5.46. The monoisotopic (exact) mass is 405 g/mol. The van der Waals surface area contributed by atoms with Crippen LogP contribution in [0.5, 0.6) is 0 Å². The molecule has 0 atom stereocenters. The molecule has 27 heavy (non-hydrogen) atoms. The largest absolute Gasteiger partial charge is 0.344 e. The molecule has 0 saturated carbocycles. The van der Waals surface area contributed by atoms with Gasteiger partial charge in [-0.1, -0.05) is 29.0 Å². The number of benzene rings is 1. The molecule has 8 nitrogen and oxygen atoms in total. The summed E-state index contributed by atoms with van der Waals surface area (Å²) in [5.41, 5.74) is 1.47. The second-order valence-corrected chi connectivity index (χ2v) is 9.39. The molecule has 0 amide bonds. The fraction of sp³-hybridized carbons (Fsp3) is 0.353. The summed E-state index contributed by atoms with van der Waals surface area (Å²) in [5, 5.41) is 5.03. The highest BCUT2D eigenvalue weighted by Crippen LogP contribution is 2.24. The number of hydrogen-bond acceptors (Lipinski definition) is 7. The molecule has 1 fully saturated rings. The Balaban J connectivity index is 1.53. The summed E-state index contributed by atoms with van der Waals surface area (Å²) in [4.78, 5) is 19.2. The molecule has 1 aliphatic rings. The van der Waals surface area contributed by atoms with Crippen LogP contribution in [-0.4, -0.2) is 53.5 Å². The third-order valence-corrected chi connectivity index (χ3v) is 7.41. The molecular weight excluding hydrogens is 386 g/mol. The van der Waals surface area contributed by atoms with Crippen molar-refractivity contribution in [3.05, 3.63) is 51.9 Å². The van der Waals surface area contributed by atoms with E-state index in [0.717, 1.165) is 5.56 Å². The fourth-order valence-corrected chi connectivity index (χ4v) is 5.44. The van der Waals surface area contributed by atoms with Crippen LogP contribution in [-0.2, 0) is 10.0 Å². The van der Waals surface area contributed by atoms with Gasteiger partial charge in [-0.2, -0.15) is 8.82 Å². The number of aromatic nitrogens is 3. The first-order chi connectivity index (χ1) is 12.8. The van der Waals surface area contributed by atoms with Crippen molar-refractivity contribution in [1.29, 1.82) is 0 Å². The van der Waals surface area contributed by atoms with E-state index in [1.807, 2.05) is 11.8 Å². The van der Waals surface area contributed by atoms with Crippen LogP contribution in [0.3, 0.4) is 0 Å². The highest BCUT2D eigenvalue weighted by Gasteiger charge is 2.29. The van der Waals surface area contributed by atoms with Gasteiger partial charge in [0.2, 0.25) is 20.1 Å². The van der Waals surface area contributed by atoms with E-state index < -0.39 is 10.0 Å². The van der Waals surface area contributed by atoms with E-state index in [1.165, 1.54) is 26.2 Å². The summed E-state index contributed by atoms with van der Waals surface area (Å²) in [6, 6.07) is 8.34. The predicted octanol–water partition coefficient (Wildman–Crippen LogP) is 1.28. The van der Waals surface area contributed by atoms with Crippen molar-refractivity contribution in [1.82, 2.24) is 18.9 Å². The lowest BCUT2D eigenvalue weighted by Crippen LogP contribution is -2.48. The number of piperazine rings is 1. The number of aryl methyl sites for hydroxylation is 2. The van der Waals surface area contributed by atoms with Crippen molar-refractivity contribution in [2.45, 2.75) is 18.7 Å². The quantitative estimate of drug-likeness (QED) is 0.652. The van der Waals surface area contributed by atoms with Gasteiger partial charge < -0.3 is 4.90 Å². The van der Waals surface area contributed by atoms with Crippen molar-refractivity contribution < 1.29 is 8.42 Å². The van der Waals surface area contributed by atoms with Crippen molar-refractivity contribution in [3.63, 3.8) is 0 Å². The highest BCUT2D eigenvalue weighted by atomic mass is 32.2. The van der Waals surface area contributed by atoms with Crippen LogP contribution in [0.15, 0.2) is 40.0 Å². The zero-order valence-corrected chi connectivity index (χ0v) is 16.6. The van der Waals surface area contributed by atoms with Gasteiger partial charge in [0, 0.05) is 37.9 Å². The molecule has 0 unspecified atom stereocenters. The Hall–Kier alpha value is -2.30. The van der Waals surface area contributed by atoms with Gasteiger partial charge in [0.1, 0.15) is 0 Å². The van der Waals surface area contributed by atoms with Crippen LogP contribution in [0.25, 0.3) is 4.96 Å². The first-order valence-electron chi connectivity index (χ1n) is 8.54. The Morgan fingerprint density at radius 1 is 1.04 bits per heavy atom. The maximum atomic E-state index is 12.8. The number of fused-ring (bicyclic) bond motifs is 1. The van der Waals surface area contributed by atoms with Gasteiger partial charge in [-0.15, -0.1) is 5.10 Å². The van der Waals surface area contributed by atoms with Crippen molar-refractivity contribution in [2.75, 3.05) is 31.1 Å². The Labute approximate surface area is 160 Å². The van der Waals surface area contributed by atoms with Crippen molar-refractivity contribution in [3.8, 4) is 0 Å². The zero-order chi connectivity index (χ0) is 19.2. The standard InChI is InChI=1S/C17H19N5O3S2/c1-12-3-5-14(6-4-12)27(24,25)21-9-7-20(8-10-21)17-19-22-15(23)11-13(2)18-16(22)26-17/h3-6,11H,7-10H2,1-2H3. The molecular formula is C17H19N5O3S2. The molecule has 10 heteroatoms. The Morgan fingerprint density at radius 3 is 2.37 bits per heavy atom. The fourth-order valence-electron chi connectivity index (χ4n) is 3.02.